The molecule has 32 heavy (non-hydrogen) atoms. The van der Waals surface area contributed by atoms with Gasteiger partial charge in [-0.1, -0.05) is 12.1 Å². The molecule has 1 atom stereocenters. The van der Waals surface area contributed by atoms with Gasteiger partial charge >= 0.3 is 0 Å². The van der Waals surface area contributed by atoms with Crippen LogP contribution < -0.4 is 0 Å². The van der Waals surface area contributed by atoms with Crippen LogP contribution >= 0.6 is 0 Å². The van der Waals surface area contributed by atoms with E-state index >= 15 is 0 Å². The number of hydrogen-bond acceptors (Lipinski definition) is 6. The molecule has 0 spiro atoms. The number of likely N-dealkylation sites (tertiary alicyclic amines) is 1. The maximum atomic E-state index is 13.2. The molecule has 0 aliphatic carbocycles. The van der Waals surface area contributed by atoms with Gasteiger partial charge in [0, 0.05) is 54.3 Å². The lowest BCUT2D eigenvalue weighted by molar-refractivity contribution is 0.0912. The van der Waals surface area contributed by atoms with Crippen molar-refractivity contribution in [3.05, 3.63) is 88.8 Å². The lowest BCUT2D eigenvalue weighted by Gasteiger charge is -2.32. The Labute approximate surface area is 188 Å². The number of benzene rings is 1. The smallest absolute Gasteiger partial charge is 0.163 e. The van der Waals surface area contributed by atoms with Crippen molar-refractivity contribution in [3.8, 4) is 0 Å². The number of hydrogen-bond donors (Lipinski definition) is 0. The van der Waals surface area contributed by atoms with Crippen LogP contribution in [0, 0.1) is 12.8 Å². The number of pyridine rings is 1. The first kappa shape index (κ1) is 20.6. The normalized spacial score (nSPS) is 18.3. The predicted octanol–water partition coefficient (Wildman–Crippen LogP) is 4.02. The summed E-state index contributed by atoms with van der Waals surface area (Å²) < 4.78 is 0. The standard InChI is InChI=1S/C26H27N5O/c1-18-11-21(6-9-28-18)26-24-13-20(4-5-22(24)14-29-26)25(32)12-19-3-2-10-31(15-19)16-23-7-8-27-17-30-23/h4-9,11,13,17,19H,2-3,10,12,14-16H2,1H3/t19-/m0/s1. The first-order chi connectivity index (χ1) is 15.7. The van der Waals surface area contributed by atoms with Crippen LogP contribution in [0.1, 0.15) is 57.7 Å². The summed E-state index contributed by atoms with van der Waals surface area (Å²) in [5.41, 5.74) is 7.08. The Hall–Kier alpha value is -3.25. The summed E-state index contributed by atoms with van der Waals surface area (Å²) in [6, 6.07) is 12.1. The molecule has 6 nitrogen and oxygen atoms in total. The number of piperidine rings is 1. The monoisotopic (exact) mass is 425 g/mol. The molecule has 3 aromatic rings. The Morgan fingerprint density at radius 2 is 2.06 bits per heavy atom. The minimum atomic E-state index is 0.221. The third-order valence-electron chi connectivity index (χ3n) is 6.37. The second kappa shape index (κ2) is 9.09. The van der Waals surface area contributed by atoms with Gasteiger partial charge in [0.25, 0.3) is 0 Å². The van der Waals surface area contributed by atoms with Crippen LogP contribution in [0.15, 0.2) is 60.1 Å². The van der Waals surface area contributed by atoms with E-state index in [1.807, 2.05) is 37.4 Å². The number of carbonyl (C=O) groups is 1. The largest absolute Gasteiger partial charge is 0.297 e. The number of aliphatic imine (C=N–C) groups is 1. The van der Waals surface area contributed by atoms with Crippen LogP contribution in [-0.2, 0) is 13.1 Å². The van der Waals surface area contributed by atoms with Crippen molar-refractivity contribution in [2.45, 2.75) is 39.3 Å². The second-order valence-corrected chi connectivity index (χ2v) is 8.79. The first-order valence-corrected chi connectivity index (χ1v) is 11.3. The SMILES string of the molecule is Cc1cc(C2=NCc3ccc(C(=O)C[C@@H]4CCCN(Cc5ccncn5)C4)cc32)ccn1. The molecule has 5 rings (SSSR count). The van der Waals surface area contributed by atoms with E-state index in [-0.39, 0.29) is 5.78 Å². The summed E-state index contributed by atoms with van der Waals surface area (Å²) in [5.74, 6) is 0.598. The maximum Gasteiger partial charge on any atom is 0.163 e. The number of fused-ring (bicyclic) bond motifs is 1. The zero-order valence-electron chi connectivity index (χ0n) is 18.4. The molecule has 2 aliphatic heterocycles. The Morgan fingerprint density at radius 1 is 1.12 bits per heavy atom. The highest BCUT2D eigenvalue weighted by molar-refractivity contribution is 6.16. The van der Waals surface area contributed by atoms with Crippen LogP contribution in [-0.4, -0.2) is 44.4 Å². The first-order valence-electron chi connectivity index (χ1n) is 11.3. The lowest BCUT2D eigenvalue weighted by atomic mass is 9.89. The molecule has 0 N–H and O–H groups in total. The van der Waals surface area contributed by atoms with Gasteiger partial charge in [-0.15, -0.1) is 0 Å². The van der Waals surface area contributed by atoms with Crippen LogP contribution in [0.4, 0.5) is 0 Å². The zero-order chi connectivity index (χ0) is 21.9. The topological polar surface area (TPSA) is 71.3 Å². The van der Waals surface area contributed by atoms with Crippen molar-refractivity contribution in [3.63, 3.8) is 0 Å². The molecule has 1 fully saturated rings. The van der Waals surface area contributed by atoms with Gasteiger partial charge in [0.1, 0.15) is 6.33 Å². The van der Waals surface area contributed by atoms with E-state index in [9.17, 15) is 4.79 Å². The van der Waals surface area contributed by atoms with E-state index in [0.717, 1.165) is 66.3 Å². The molecular formula is C26H27N5O. The molecule has 1 aromatic carbocycles. The molecule has 0 saturated carbocycles. The minimum absolute atomic E-state index is 0.221. The summed E-state index contributed by atoms with van der Waals surface area (Å²) in [5, 5.41) is 0. The third-order valence-corrected chi connectivity index (χ3v) is 6.37. The molecule has 2 aliphatic rings. The molecule has 0 radical (unpaired) electrons. The van der Waals surface area contributed by atoms with Crippen molar-refractivity contribution in [1.29, 1.82) is 0 Å². The molecule has 162 valence electrons. The summed E-state index contributed by atoms with van der Waals surface area (Å²) >= 11 is 0. The molecule has 0 bridgehead atoms. The molecule has 2 aromatic heterocycles. The fraction of sp³-hybridized carbons (Fsp3) is 0.346. The Bertz CT molecular complexity index is 1160. The summed E-state index contributed by atoms with van der Waals surface area (Å²) in [4.78, 5) is 33.0. The van der Waals surface area contributed by atoms with Gasteiger partial charge in [-0.2, -0.15) is 0 Å². The maximum absolute atomic E-state index is 13.2. The average molecular weight is 426 g/mol. The highest BCUT2D eigenvalue weighted by Gasteiger charge is 2.25. The highest BCUT2D eigenvalue weighted by atomic mass is 16.1. The van der Waals surface area contributed by atoms with Gasteiger partial charge in [-0.25, -0.2) is 9.97 Å². The molecular weight excluding hydrogens is 398 g/mol. The summed E-state index contributed by atoms with van der Waals surface area (Å²) in [7, 11) is 0. The summed E-state index contributed by atoms with van der Waals surface area (Å²) in [6.45, 7) is 5.46. The van der Waals surface area contributed by atoms with Crippen molar-refractivity contribution < 1.29 is 4.79 Å². The third kappa shape index (κ3) is 4.50. The minimum Gasteiger partial charge on any atom is -0.297 e. The number of rotatable bonds is 6. The zero-order valence-corrected chi connectivity index (χ0v) is 18.4. The molecule has 4 heterocycles. The van der Waals surface area contributed by atoms with Crippen molar-refractivity contribution in [2.75, 3.05) is 13.1 Å². The highest BCUT2D eigenvalue weighted by Crippen LogP contribution is 2.27. The van der Waals surface area contributed by atoms with E-state index in [1.165, 1.54) is 5.56 Å². The van der Waals surface area contributed by atoms with Gasteiger partial charge < -0.3 is 0 Å². The number of nitrogens with zero attached hydrogens (tertiary/aromatic N) is 5. The Kier molecular flexibility index (Phi) is 5.86. The van der Waals surface area contributed by atoms with Crippen LogP contribution in [0.2, 0.25) is 0 Å². The fourth-order valence-corrected chi connectivity index (χ4v) is 4.78. The van der Waals surface area contributed by atoms with E-state index in [1.54, 1.807) is 12.5 Å². The second-order valence-electron chi connectivity index (χ2n) is 8.79. The molecule has 6 heteroatoms. The van der Waals surface area contributed by atoms with E-state index in [2.05, 4.69) is 32.0 Å². The number of aryl methyl sites for hydroxylation is 1. The quantitative estimate of drug-likeness (QED) is 0.558. The van der Waals surface area contributed by atoms with E-state index in [4.69, 9.17) is 4.99 Å². The van der Waals surface area contributed by atoms with Crippen LogP contribution in [0.5, 0.6) is 0 Å². The average Bonchev–Trinajstić information content (AvgIpc) is 3.23. The van der Waals surface area contributed by atoms with Crippen molar-refractivity contribution >= 4 is 11.5 Å². The molecule has 0 unspecified atom stereocenters. The van der Waals surface area contributed by atoms with E-state index in [0.29, 0.717) is 18.9 Å². The van der Waals surface area contributed by atoms with E-state index < -0.39 is 0 Å². The predicted molar refractivity (Wildman–Crippen MR) is 124 cm³/mol. The number of ketones is 1. The number of carbonyl (C=O) groups excluding carboxylic acids is 1. The van der Waals surface area contributed by atoms with Crippen LogP contribution in [0.3, 0.4) is 0 Å². The van der Waals surface area contributed by atoms with Gasteiger partial charge in [0.15, 0.2) is 5.78 Å². The van der Waals surface area contributed by atoms with Crippen molar-refractivity contribution in [1.82, 2.24) is 19.9 Å². The number of Topliss-reactive ketones (excluding diaryl/α,β-unsaturated/α-hetero) is 1. The Balaban J connectivity index is 1.27. The number of aromatic nitrogens is 3. The lowest BCUT2D eigenvalue weighted by Crippen LogP contribution is -2.36. The van der Waals surface area contributed by atoms with Gasteiger partial charge in [-0.3, -0.25) is 19.7 Å². The van der Waals surface area contributed by atoms with Gasteiger partial charge in [0.05, 0.1) is 18.0 Å². The summed E-state index contributed by atoms with van der Waals surface area (Å²) in [6.07, 6.45) is 7.99. The molecule has 0 amide bonds. The van der Waals surface area contributed by atoms with Gasteiger partial charge in [0.2, 0.25) is 0 Å². The van der Waals surface area contributed by atoms with Crippen LogP contribution in [0.25, 0.3) is 0 Å². The molecule has 1 saturated heterocycles. The van der Waals surface area contributed by atoms with Crippen molar-refractivity contribution in [2.24, 2.45) is 10.9 Å². The Morgan fingerprint density at radius 3 is 2.91 bits per heavy atom. The van der Waals surface area contributed by atoms with Gasteiger partial charge in [-0.05, 0) is 62.1 Å². The fourth-order valence-electron chi connectivity index (χ4n) is 4.78.